The van der Waals surface area contributed by atoms with E-state index in [0.717, 1.165) is 11.1 Å². The number of hydrogen-bond donors (Lipinski definition) is 1. The summed E-state index contributed by atoms with van der Waals surface area (Å²) in [5.74, 6) is -1.29. The summed E-state index contributed by atoms with van der Waals surface area (Å²) in [6, 6.07) is 9.15. The number of nitrogens with zero attached hydrogens (tertiary/aromatic N) is 1. The van der Waals surface area contributed by atoms with Crippen molar-refractivity contribution in [2.75, 3.05) is 21.3 Å². The van der Waals surface area contributed by atoms with Crippen LogP contribution in [0.25, 0.3) is 0 Å². The third-order valence-electron chi connectivity index (χ3n) is 6.18. The van der Waals surface area contributed by atoms with Crippen LogP contribution in [-0.4, -0.2) is 55.9 Å². The van der Waals surface area contributed by atoms with Crippen LogP contribution in [0.3, 0.4) is 0 Å². The molecule has 2 amide bonds. The molecule has 182 valence electrons. The first-order valence-electron chi connectivity index (χ1n) is 11.2. The van der Waals surface area contributed by atoms with E-state index in [4.69, 9.17) is 14.2 Å². The molecule has 0 saturated carbocycles. The molecule has 3 rings (SSSR count). The zero-order valence-electron chi connectivity index (χ0n) is 20.7. The van der Waals surface area contributed by atoms with Crippen molar-refractivity contribution in [2.45, 2.75) is 51.7 Å². The SMILES string of the molecule is COc1cc(C(=O)C(=O)N2C(C)c3ccccc3C(C)C2C(=O)NC(C)C)cc(OC)c1OC. The molecule has 1 N–H and O–H groups in total. The summed E-state index contributed by atoms with van der Waals surface area (Å²) in [6.45, 7) is 7.45. The highest BCUT2D eigenvalue weighted by atomic mass is 16.5. The van der Waals surface area contributed by atoms with Gasteiger partial charge in [0.2, 0.25) is 11.7 Å². The average Bonchev–Trinajstić information content (AvgIpc) is 2.83. The first-order valence-corrected chi connectivity index (χ1v) is 11.2. The Hall–Kier alpha value is -3.55. The molecule has 8 nitrogen and oxygen atoms in total. The van der Waals surface area contributed by atoms with Crippen molar-refractivity contribution in [2.24, 2.45) is 0 Å². The lowest BCUT2D eigenvalue weighted by Gasteiger charge is -2.44. The highest BCUT2D eigenvalue weighted by Gasteiger charge is 2.45. The van der Waals surface area contributed by atoms with Crippen LogP contribution in [0.2, 0.25) is 0 Å². The first-order chi connectivity index (χ1) is 16.2. The van der Waals surface area contributed by atoms with Crippen LogP contribution in [0.5, 0.6) is 17.2 Å². The number of fused-ring (bicyclic) bond motifs is 1. The summed E-state index contributed by atoms with van der Waals surface area (Å²) >= 11 is 0. The minimum Gasteiger partial charge on any atom is -0.493 e. The fourth-order valence-corrected chi connectivity index (χ4v) is 4.59. The Labute approximate surface area is 200 Å². The van der Waals surface area contributed by atoms with Crippen LogP contribution >= 0.6 is 0 Å². The minimum absolute atomic E-state index is 0.0845. The molecule has 0 aromatic heterocycles. The van der Waals surface area contributed by atoms with Crippen molar-refractivity contribution in [3.8, 4) is 17.2 Å². The Balaban J connectivity index is 2.09. The summed E-state index contributed by atoms with van der Waals surface area (Å²) < 4.78 is 16.0. The molecule has 34 heavy (non-hydrogen) atoms. The lowest BCUT2D eigenvalue weighted by molar-refractivity contribution is -0.141. The Kier molecular flexibility index (Phi) is 7.49. The molecule has 1 aliphatic heterocycles. The summed E-state index contributed by atoms with van der Waals surface area (Å²) in [5.41, 5.74) is 1.99. The monoisotopic (exact) mass is 468 g/mol. The van der Waals surface area contributed by atoms with Crippen molar-refractivity contribution in [1.29, 1.82) is 0 Å². The molecule has 0 bridgehead atoms. The van der Waals surface area contributed by atoms with Crippen LogP contribution in [-0.2, 0) is 9.59 Å². The number of carbonyl (C=O) groups excluding carboxylic acids is 3. The van der Waals surface area contributed by atoms with Gasteiger partial charge >= 0.3 is 0 Å². The van der Waals surface area contributed by atoms with Gasteiger partial charge in [-0.15, -0.1) is 0 Å². The molecule has 0 saturated heterocycles. The third-order valence-corrected chi connectivity index (χ3v) is 6.18. The molecule has 0 aliphatic carbocycles. The van der Waals surface area contributed by atoms with E-state index in [1.807, 2.05) is 52.0 Å². The molecule has 2 aromatic rings. The first kappa shape index (κ1) is 25.1. The number of amides is 2. The van der Waals surface area contributed by atoms with Gasteiger partial charge < -0.3 is 24.4 Å². The molecular formula is C26H32N2O6. The molecular weight excluding hydrogens is 436 g/mol. The standard InChI is InChI=1S/C26H32N2O6/c1-14(2)27-25(30)22-15(3)18-10-8-9-11-19(18)16(4)28(22)26(31)23(29)17-12-20(32-5)24(34-7)21(13-17)33-6/h8-16,22H,1-7H3,(H,27,30). The van der Waals surface area contributed by atoms with Gasteiger partial charge in [0.1, 0.15) is 6.04 Å². The van der Waals surface area contributed by atoms with Gasteiger partial charge in [-0.2, -0.15) is 0 Å². The van der Waals surface area contributed by atoms with Gasteiger partial charge in [0, 0.05) is 17.5 Å². The number of ketones is 1. The third kappa shape index (κ3) is 4.44. The Morgan fingerprint density at radius 2 is 1.47 bits per heavy atom. The molecule has 3 atom stereocenters. The van der Waals surface area contributed by atoms with E-state index in [0.29, 0.717) is 5.75 Å². The van der Waals surface area contributed by atoms with Crippen LogP contribution in [0, 0.1) is 0 Å². The van der Waals surface area contributed by atoms with Gasteiger partial charge in [-0.25, -0.2) is 0 Å². The molecule has 2 aromatic carbocycles. The summed E-state index contributed by atoms with van der Waals surface area (Å²) in [4.78, 5) is 41.8. The normalized spacial score (nSPS) is 19.3. The quantitative estimate of drug-likeness (QED) is 0.494. The number of carbonyl (C=O) groups is 3. The lowest BCUT2D eigenvalue weighted by atomic mass is 9.80. The zero-order chi connectivity index (χ0) is 25.2. The highest BCUT2D eigenvalue weighted by Crippen LogP contribution is 2.42. The smallest absolute Gasteiger partial charge is 0.296 e. The van der Waals surface area contributed by atoms with Crippen molar-refractivity contribution in [3.05, 3.63) is 53.1 Å². The summed E-state index contributed by atoms with van der Waals surface area (Å²) in [6.07, 6.45) is 0. The number of ether oxygens (including phenoxy) is 3. The van der Waals surface area contributed by atoms with Crippen LogP contribution in [0.15, 0.2) is 36.4 Å². The largest absolute Gasteiger partial charge is 0.493 e. The fraction of sp³-hybridized carbons (Fsp3) is 0.423. The van der Waals surface area contributed by atoms with Gasteiger partial charge in [-0.3, -0.25) is 14.4 Å². The lowest BCUT2D eigenvalue weighted by Crippen LogP contribution is -2.57. The topological polar surface area (TPSA) is 94.2 Å². The number of benzene rings is 2. The molecule has 1 heterocycles. The van der Waals surface area contributed by atoms with E-state index in [2.05, 4.69) is 5.32 Å². The molecule has 1 aliphatic rings. The Morgan fingerprint density at radius 1 is 0.912 bits per heavy atom. The second-order valence-electron chi connectivity index (χ2n) is 8.66. The Morgan fingerprint density at radius 3 is 1.97 bits per heavy atom. The van der Waals surface area contributed by atoms with Gasteiger partial charge in [0.25, 0.3) is 11.7 Å². The molecule has 8 heteroatoms. The van der Waals surface area contributed by atoms with Crippen LogP contribution in [0.1, 0.15) is 61.1 Å². The van der Waals surface area contributed by atoms with Gasteiger partial charge in [-0.1, -0.05) is 31.2 Å². The predicted molar refractivity (Wildman–Crippen MR) is 128 cm³/mol. The maximum Gasteiger partial charge on any atom is 0.296 e. The van der Waals surface area contributed by atoms with Crippen molar-refractivity contribution < 1.29 is 28.6 Å². The maximum absolute atomic E-state index is 13.7. The van der Waals surface area contributed by atoms with E-state index < -0.39 is 23.8 Å². The van der Waals surface area contributed by atoms with Crippen LogP contribution in [0.4, 0.5) is 0 Å². The van der Waals surface area contributed by atoms with E-state index in [-0.39, 0.29) is 34.9 Å². The van der Waals surface area contributed by atoms with Gasteiger partial charge in [0.15, 0.2) is 11.5 Å². The molecule has 0 fully saturated rings. The van der Waals surface area contributed by atoms with Crippen molar-refractivity contribution in [1.82, 2.24) is 10.2 Å². The average molecular weight is 469 g/mol. The molecule has 0 radical (unpaired) electrons. The molecule has 3 unspecified atom stereocenters. The second kappa shape index (κ2) is 10.2. The number of hydrogen-bond acceptors (Lipinski definition) is 6. The minimum atomic E-state index is -0.842. The molecule has 0 spiro atoms. The van der Waals surface area contributed by atoms with Crippen LogP contribution < -0.4 is 19.5 Å². The van der Waals surface area contributed by atoms with E-state index in [1.165, 1.54) is 38.4 Å². The van der Waals surface area contributed by atoms with Crippen molar-refractivity contribution in [3.63, 3.8) is 0 Å². The fourth-order valence-electron chi connectivity index (χ4n) is 4.59. The Bertz CT molecular complexity index is 1070. The van der Waals surface area contributed by atoms with Gasteiger partial charge in [0.05, 0.1) is 27.4 Å². The maximum atomic E-state index is 13.7. The highest BCUT2D eigenvalue weighted by molar-refractivity contribution is 6.43. The van der Waals surface area contributed by atoms with Gasteiger partial charge in [-0.05, 0) is 44.0 Å². The number of nitrogens with one attached hydrogen (secondary N) is 1. The second-order valence-corrected chi connectivity index (χ2v) is 8.66. The number of rotatable bonds is 7. The summed E-state index contributed by atoms with van der Waals surface area (Å²) in [5, 5.41) is 2.91. The van der Waals surface area contributed by atoms with E-state index in [1.54, 1.807) is 0 Å². The van der Waals surface area contributed by atoms with E-state index in [9.17, 15) is 14.4 Å². The van der Waals surface area contributed by atoms with E-state index >= 15 is 0 Å². The number of methoxy groups -OCH3 is 3. The summed E-state index contributed by atoms with van der Waals surface area (Å²) in [7, 11) is 4.33. The number of Topliss-reactive ketones (excluding diaryl/α,β-unsaturated/α-hetero) is 1. The predicted octanol–water partition coefficient (Wildman–Crippen LogP) is 3.50. The zero-order valence-corrected chi connectivity index (χ0v) is 20.7. The van der Waals surface area contributed by atoms with Crippen molar-refractivity contribution >= 4 is 17.6 Å².